The van der Waals surface area contributed by atoms with E-state index in [1.165, 1.54) is 12.1 Å². The van der Waals surface area contributed by atoms with Crippen LogP contribution >= 0.6 is 11.6 Å². The van der Waals surface area contributed by atoms with Gasteiger partial charge in [0.05, 0.1) is 0 Å². The average Bonchev–Trinajstić information content (AvgIpc) is 2.32. The molecule has 0 fully saturated rings. The summed E-state index contributed by atoms with van der Waals surface area (Å²) in [5, 5.41) is 11.0. The Bertz CT molecular complexity index is 581. The second-order valence-corrected chi connectivity index (χ2v) is 4.82. The maximum atomic E-state index is 13.0. The highest BCUT2D eigenvalue weighted by Crippen LogP contribution is 2.27. The minimum absolute atomic E-state index is 0.296. The van der Waals surface area contributed by atoms with E-state index >= 15 is 0 Å². The summed E-state index contributed by atoms with van der Waals surface area (Å²) in [6.45, 7) is 3.67. The summed E-state index contributed by atoms with van der Waals surface area (Å²) in [7, 11) is 0. The molecule has 0 amide bonds. The van der Waals surface area contributed by atoms with E-state index in [0.29, 0.717) is 10.6 Å². The van der Waals surface area contributed by atoms with Crippen LogP contribution < -0.4 is 0 Å². The van der Waals surface area contributed by atoms with Crippen molar-refractivity contribution >= 4 is 11.6 Å². The van der Waals surface area contributed by atoms with Gasteiger partial charge in [-0.05, 0) is 54.3 Å². The van der Waals surface area contributed by atoms with Crippen LogP contribution in [0.1, 0.15) is 28.4 Å². The Hall–Kier alpha value is -1.38. The van der Waals surface area contributed by atoms with Crippen LogP contribution in [0, 0.1) is 19.7 Å². The Labute approximate surface area is 111 Å². The van der Waals surface area contributed by atoms with Gasteiger partial charge in [-0.3, -0.25) is 0 Å². The van der Waals surface area contributed by atoms with Gasteiger partial charge in [0.1, 0.15) is 11.9 Å². The van der Waals surface area contributed by atoms with Crippen molar-refractivity contribution < 1.29 is 9.50 Å². The normalized spacial score (nSPS) is 12.5. The summed E-state index contributed by atoms with van der Waals surface area (Å²) < 4.78 is 13.0. The van der Waals surface area contributed by atoms with E-state index in [2.05, 4.69) is 0 Å². The maximum Gasteiger partial charge on any atom is 0.123 e. The molecule has 0 bridgehead atoms. The van der Waals surface area contributed by atoms with E-state index < -0.39 is 6.10 Å². The van der Waals surface area contributed by atoms with Gasteiger partial charge in [-0.15, -0.1) is 0 Å². The van der Waals surface area contributed by atoms with Crippen LogP contribution in [0.5, 0.6) is 0 Å². The van der Waals surface area contributed by atoms with Crippen LogP contribution in [-0.4, -0.2) is 5.11 Å². The summed E-state index contributed by atoms with van der Waals surface area (Å²) in [5.41, 5.74) is 3.10. The minimum atomic E-state index is -0.762. The number of hydrogen-bond acceptors (Lipinski definition) is 1. The number of aryl methyl sites for hydroxylation is 2. The van der Waals surface area contributed by atoms with Crippen LogP contribution in [0.25, 0.3) is 0 Å². The number of aliphatic hydroxyl groups is 1. The summed E-state index contributed by atoms with van der Waals surface area (Å²) in [5.74, 6) is -0.296. The van der Waals surface area contributed by atoms with Gasteiger partial charge in [-0.2, -0.15) is 0 Å². The summed E-state index contributed by atoms with van der Waals surface area (Å²) in [6, 6.07) is 9.77. The van der Waals surface area contributed by atoms with Gasteiger partial charge in [-0.25, -0.2) is 4.39 Å². The Balaban J connectivity index is 2.41. The van der Waals surface area contributed by atoms with E-state index in [4.69, 9.17) is 11.6 Å². The molecule has 1 nitrogen and oxygen atoms in total. The molecule has 0 saturated heterocycles. The minimum Gasteiger partial charge on any atom is -0.384 e. The lowest BCUT2D eigenvalue weighted by molar-refractivity contribution is 0.219. The lowest BCUT2D eigenvalue weighted by atomic mass is 9.96. The standard InChI is InChI=1S/C15H14ClFO/c1-9-8-12(17)4-5-13(9)15(18)11-3-6-14(16)10(2)7-11/h3-8,15,18H,1-2H3. The first-order chi connectivity index (χ1) is 8.49. The van der Waals surface area contributed by atoms with Crippen molar-refractivity contribution in [3.63, 3.8) is 0 Å². The molecule has 0 spiro atoms. The lowest BCUT2D eigenvalue weighted by Gasteiger charge is -2.15. The zero-order chi connectivity index (χ0) is 13.3. The van der Waals surface area contributed by atoms with Crippen molar-refractivity contribution in [1.29, 1.82) is 0 Å². The van der Waals surface area contributed by atoms with Gasteiger partial charge in [-0.1, -0.05) is 29.8 Å². The van der Waals surface area contributed by atoms with Gasteiger partial charge >= 0.3 is 0 Å². The first-order valence-corrected chi connectivity index (χ1v) is 6.07. The highest BCUT2D eigenvalue weighted by molar-refractivity contribution is 6.31. The topological polar surface area (TPSA) is 20.2 Å². The van der Waals surface area contributed by atoms with E-state index in [9.17, 15) is 9.50 Å². The summed E-state index contributed by atoms with van der Waals surface area (Å²) in [6.07, 6.45) is -0.762. The number of halogens is 2. The van der Waals surface area contributed by atoms with Gasteiger partial charge in [0.25, 0.3) is 0 Å². The van der Waals surface area contributed by atoms with Crippen molar-refractivity contribution in [3.8, 4) is 0 Å². The highest BCUT2D eigenvalue weighted by atomic mass is 35.5. The Morgan fingerprint density at radius 2 is 1.78 bits per heavy atom. The predicted molar refractivity (Wildman–Crippen MR) is 71.4 cm³/mol. The third-order valence-electron chi connectivity index (χ3n) is 3.02. The van der Waals surface area contributed by atoms with Crippen molar-refractivity contribution in [3.05, 3.63) is 69.5 Å². The second-order valence-electron chi connectivity index (χ2n) is 4.41. The number of rotatable bonds is 2. The summed E-state index contributed by atoms with van der Waals surface area (Å²) >= 11 is 5.95. The molecule has 0 aliphatic carbocycles. The van der Waals surface area contributed by atoms with E-state index in [1.54, 1.807) is 25.1 Å². The molecular weight excluding hydrogens is 251 g/mol. The van der Waals surface area contributed by atoms with Crippen LogP contribution in [0.4, 0.5) is 4.39 Å². The zero-order valence-corrected chi connectivity index (χ0v) is 11.0. The van der Waals surface area contributed by atoms with Crippen molar-refractivity contribution in [2.75, 3.05) is 0 Å². The molecule has 2 rings (SSSR count). The molecule has 0 aliphatic rings. The molecule has 0 aliphatic heterocycles. The van der Waals surface area contributed by atoms with Gasteiger partial charge in [0.2, 0.25) is 0 Å². The highest BCUT2D eigenvalue weighted by Gasteiger charge is 2.14. The van der Waals surface area contributed by atoms with E-state index in [1.807, 2.05) is 13.0 Å². The van der Waals surface area contributed by atoms with E-state index in [-0.39, 0.29) is 5.82 Å². The fourth-order valence-electron chi connectivity index (χ4n) is 1.96. The third-order valence-corrected chi connectivity index (χ3v) is 3.45. The average molecular weight is 265 g/mol. The molecule has 2 aromatic rings. The molecule has 3 heteroatoms. The smallest absolute Gasteiger partial charge is 0.123 e. The SMILES string of the molecule is Cc1cc(C(O)c2ccc(F)cc2C)ccc1Cl. The van der Waals surface area contributed by atoms with Crippen molar-refractivity contribution in [2.24, 2.45) is 0 Å². The molecular formula is C15H14ClFO. The largest absolute Gasteiger partial charge is 0.384 e. The van der Waals surface area contributed by atoms with Crippen LogP contribution in [0.3, 0.4) is 0 Å². The first kappa shape index (κ1) is 13.1. The predicted octanol–water partition coefficient (Wildman–Crippen LogP) is 4.18. The van der Waals surface area contributed by atoms with E-state index in [0.717, 1.165) is 16.7 Å². The van der Waals surface area contributed by atoms with Crippen molar-refractivity contribution in [2.45, 2.75) is 20.0 Å². The second kappa shape index (κ2) is 5.09. The first-order valence-electron chi connectivity index (χ1n) is 5.69. The van der Waals surface area contributed by atoms with Crippen LogP contribution in [0.15, 0.2) is 36.4 Å². The fraction of sp³-hybridized carbons (Fsp3) is 0.200. The number of benzene rings is 2. The molecule has 0 aromatic heterocycles. The number of aliphatic hydroxyl groups excluding tert-OH is 1. The Morgan fingerprint density at radius 1 is 1.06 bits per heavy atom. The summed E-state index contributed by atoms with van der Waals surface area (Å²) in [4.78, 5) is 0. The molecule has 2 aromatic carbocycles. The molecule has 18 heavy (non-hydrogen) atoms. The van der Waals surface area contributed by atoms with Crippen LogP contribution in [-0.2, 0) is 0 Å². The third kappa shape index (κ3) is 2.55. The van der Waals surface area contributed by atoms with Crippen LogP contribution in [0.2, 0.25) is 5.02 Å². The fourth-order valence-corrected chi connectivity index (χ4v) is 2.08. The molecule has 0 heterocycles. The van der Waals surface area contributed by atoms with Gasteiger partial charge in [0, 0.05) is 5.02 Å². The lowest BCUT2D eigenvalue weighted by Crippen LogP contribution is -2.02. The monoisotopic (exact) mass is 264 g/mol. The number of hydrogen-bond donors (Lipinski definition) is 1. The molecule has 1 N–H and O–H groups in total. The quantitative estimate of drug-likeness (QED) is 0.863. The molecule has 1 unspecified atom stereocenters. The van der Waals surface area contributed by atoms with Gasteiger partial charge < -0.3 is 5.11 Å². The van der Waals surface area contributed by atoms with Crippen molar-refractivity contribution in [1.82, 2.24) is 0 Å². The van der Waals surface area contributed by atoms with Gasteiger partial charge in [0.15, 0.2) is 0 Å². The molecule has 1 atom stereocenters. The molecule has 0 radical (unpaired) electrons. The maximum absolute atomic E-state index is 13.0. The molecule has 0 saturated carbocycles. The Kier molecular flexibility index (Phi) is 3.69. The molecule has 94 valence electrons. The Morgan fingerprint density at radius 3 is 2.39 bits per heavy atom. The zero-order valence-electron chi connectivity index (χ0n) is 10.2.